The first-order valence-electron chi connectivity index (χ1n) is 9.23. The number of ketones is 1. The second-order valence-electron chi connectivity index (χ2n) is 6.78. The Hall–Kier alpha value is -2.60. The quantitative estimate of drug-likeness (QED) is 0.522. The molecule has 0 fully saturated rings. The number of alkyl halides is 1. The van der Waals surface area contributed by atoms with Crippen LogP contribution in [0.3, 0.4) is 0 Å². The maximum absolute atomic E-state index is 13.4. The lowest BCUT2D eigenvalue weighted by Gasteiger charge is -2.20. The molecule has 0 aliphatic heterocycles. The van der Waals surface area contributed by atoms with Crippen molar-refractivity contribution < 1.29 is 9.59 Å². The Kier molecular flexibility index (Phi) is 7.40. The fraction of sp³-hybridized carbons (Fsp3) is 0.381. The average molecular weight is 404 g/mol. The number of carbonyl (C=O) groups is 2. The number of aromatic amines is 1. The van der Waals surface area contributed by atoms with Gasteiger partial charge in [0, 0.05) is 43.3 Å². The van der Waals surface area contributed by atoms with Gasteiger partial charge in [0.2, 0.25) is 5.91 Å². The number of anilines is 2. The van der Waals surface area contributed by atoms with Crippen molar-refractivity contribution in [3.63, 3.8) is 0 Å². The lowest BCUT2D eigenvalue weighted by Crippen LogP contribution is -2.27. The summed E-state index contributed by atoms with van der Waals surface area (Å²) in [5, 5.41) is 2.78. The van der Waals surface area contributed by atoms with Gasteiger partial charge in [-0.05, 0) is 37.5 Å². The molecule has 0 bridgehead atoms. The van der Waals surface area contributed by atoms with Crippen LogP contribution in [0.2, 0.25) is 0 Å². The molecule has 28 heavy (non-hydrogen) atoms. The Balaban J connectivity index is 2.48. The van der Waals surface area contributed by atoms with Crippen LogP contribution in [0.15, 0.2) is 29.1 Å². The van der Waals surface area contributed by atoms with E-state index in [1.807, 2.05) is 6.92 Å². The van der Waals surface area contributed by atoms with Crippen molar-refractivity contribution in [3.8, 4) is 0 Å². The molecule has 1 amide bonds. The maximum Gasteiger partial charge on any atom is 0.272 e. The van der Waals surface area contributed by atoms with E-state index in [1.165, 1.54) is 0 Å². The molecular formula is C21H26ClN3O3. The summed E-state index contributed by atoms with van der Waals surface area (Å²) in [7, 11) is 3.48. The summed E-state index contributed by atoms with van der Waals surface area (Å²) < 4.78 is 0. The molecule has 0 aliphatic carbocycles. The third kappa shape index (κ3) is 4.81. The van der Waals surface area contributed by atoms with Gasteiger partial charge in [-0.1, -0.05) is 19.1 Å². The first-order chi connectivity index (χ1) is 13.3. The average Bonchev–Trinajstić information content (AvgIpc) is 2.65. The van der Waals surface area contributed by atoms with Crippen LogP contribution in [0.4, 0.5) is 11.4 Å². The van der Waals surface area contributed by atoms with Crippen LogP contribution in [-0.4, -0.2) is 36.6 Å². The highest BCUT2D eigenvalue weighted by Crippen LogP contribution is 2.25. The Labute approximate surface area is 169 Å². The van der Waals surface area contributed by atoms with Gasteiger partial charge in [0.15, 0.2) is 5.78 Å². The molecule has 2 N–H and O–H groups in total. The molecule has 0 radical (unpaired) electrons. The van der Waals surface area contributed by atoms with E-state index in [0.717, 1.165) is 5.56 Å². The van der Waals surface area contributed by atoms with Crippen molar-refractivity contribution in [1.29, 1.82) is 0 Å². The highest BCUT2D eigenvalue weighted by Gasteiger charge is 2.23. The highest BCUT2D eigenvalue weighted by atomic mass is 35.5. The number of hydrogen-bond acceptors (Lipinski definition) is 4. The highest BCUT2D eigenvalue weighted by molar-refractivity contribution is 6.18. The van der Waals surface area contributed by atoms with Crippen molar-refractivity contribution in [3.05, 3.63) is 57.0 Å². The van der Waals surface area contributed by atoms with Gasteiger partial charge in [-0.25, -0.2) is 0 Å². The monoisotopic (exact) mass is 403 g/mol. The minimum absolute atomic E-state index is 0.152. The van der Waals surface area contributed by atoms with Gasteiger partial charge in [-0.2, -0.15) is 0 Å². The zero-order valence-electron chi connectivity index (χ0n) is 16.7. The number of H-pyrrole nitrogens is 1. The number of rotatable bonds is 8. The minimum atomic E-state index is -0.298. The van der Waals surface area contributed by atoms with Gasteiger partial charge in [0.05, 0.1) is 5.56 Å². The third-order valence-electron chi connectivity index (χ3n) is 4.48. The van der Waals surface area contributed by atoms with Crippen molar-refractivity contribution in [2.75, 3.05) is 30.2 Å². The summed E-state index contributed by atoms with van der Waals surface area (Å²) in [4.78, 5) is 42.3. The third-order valence-corrected chi connectivity index (χ3v) is 4.75. The molecule has 0 atom stereocenters. The molecule has 1 aromatic heterocycles. The summed E-state index contributed by atoms with van der Waals surface area (Å²) in [6, 6.07) is 6.76. The van der Waals surface area contributed by atoms with E-state index >= 15 is 0 Å². The van der Waals surface area contributed by atoms with Gasteiger partial charge < -0.3 is 15.2 Å². The number of aryl methyl sites for hydroxylation is 1. The smallest absolute Gasteiger partial charge is 0.272 e. The normalized spacial score (nSPS) is 10.6. The lowest BCUT2D eigenvalue weighted by molar-refractivity contribution is -0.116. The number of aromatic nitrogens is 1. The predicted octanol–water partition coefficient (Wildman–Crippen LogP) is 3.50. The molecule has 2 rings (SSSR count). The van der Waals surface area contributed by atoms with Crippen LogP contribution in [-0.2, 0) is 11.2 Å². The molecule has 7 heteroatoms. The van der Waals surface area contributed by atoms with Crippen LogP contribution in [0, 0.1) is 6.92 Å². The van der Waals surface area contributed by atoms with Crippen molar-refractivity contribution in [1.82, 2.24) is 4.98 Å². The van der Waals surface area contributed by atoms with Crippen molar-refractivity contribution in [2.24, 2.45) is 0 Å². The maximum atomic E-state index is 13.4. The molecule has 1 heterocycles. The summed E-state index contributed by atoms with van der Waals surface area (Å²) >= 11 is 5.62. The van der Waals surface area contributed by atoms with Crippen LogP contribution < -0.4 is 15.8 Å². The predicted molar refractivity (Wildman–Crippen MR) is 114 cm³/mol. The Bertz CT molecular complexity index is 935. The SMILES string of the molecule is CCc1c(C)[nH]c(=O)c(N(C)C)c1C(=O)c1cccc(NC(=O)CCCCl)c1. The number of amides is 1. The van der Waals surface area contributed by atoms with Crippen LogP contribution >= 0.6 is 11.6 Å². The first-order valence-corrected chi connectivity index (χ1v) is 9.77. The standard InChI is InChI=1S/C21H26ClN3O3/c1-5-16-13(2)23-21(28)19(25(3)4)18(16)20(27)14-8-6-9-15(12-14)24-17(26)10-7-11-22/h6,8-9,12H,5,7,10-11H2,1-4H3,(H,23,28)(H,24,26). The van der Waals surface area contributed by atoms with Crippen molar-refractivity contribution in [2.45, 2.75) is 33.1 Å². The summed E-state index contributed by atoms with van der Waals surface area (Å²) in [5.41, 5.74) is 2.89. The second kappa shape index (κ2) is 9.55. The number of benzene rings is 1. The van der Waals surface area contributed by atoms with Crippen LogP contribution in [0.25, 0.3) is 0 Å². The van der Waals surface area contributed by atoms with E-state index in [1.54, 1.807) is 50.2 Å². The number of nitrogens with one attached hydrogen (secondary N) is 2. The second-order valence-corrected chi connectivity index (χ2v) is 7.16. The summed E-state index contributed by atoms with van der Waals surface area (Å²) in [6.45, 7) is 3.74. The van der Waals surface area contributed by atoms with Gasteiger partial charge in [0.1, 0.15) is 5.69 Å². The number of hydrogen-bond donors (Lipinski definition) is 2. The molecule has 1 aromatic carbocycles. The lowest BCUT2D eigenvalue weighted by atomic mass is 9.94. The molecule has 2 aromatic rings. The van der Waals surface area contributed by atoms with E-state index in [-0.39, 0.29) is 17.2 Å². The van der Waals surface area contributed by atoms with Gasteiger partial charge >= 0.3 is 0 Å². The molecule has 0 unspecified atom stereocenters. The summed E-state index contributed by atoms with van der Waals surface area (Å²) in [5.74, 6) is 0.0214. The van der Waals surface area contributed by atoms with Crippen LogP contribution in [0.5, 0.6) is 0 Å². The topological polar surface area (TPSA) is 82.3 Å². The Morgan fingerprint density at radius 1 is 1.25 bits per heavy atom. The fourth-order valence-corrected chi connectivity index (χ4v) is 3.33. The zero-order valence-corrected chi connectivity index (χ0v) is 17.4. The van der Waals surface area contributed by atoms with E-state index in [9.17, 15) is 14.4 Å². The van der Waals surface area contributed by atoms with Crippen LogP contribution in [0.1, 0.15) is 46.9 Å². The molecule has 150 valence electrons. The van der Waals surface area contributed by atoms with E-state index in [0.29, 0.717) is 53.3 Å². The van der Waals surface area contributed by atoms with E-state index in [4.69, 9.17) is 11.6 Å². The molecule has 0 saturated heterocycles. The summed E-state index contributed by atoms with van der Waals surface area (Å²) in [6.07, 6.45) is 1.52. The molecule has 0 spiro atoms. The van der Waals surface area contributed by atoms with E-state index < -0.39 is 0 Å². The number of carbonyl (C=O) groups excluding carboxylic acids is 2. The Morgan fingerprint density at radius 3 is 2.57 bits per heavy atom. The first kappa shape index (κ1) is 21.7. The van der Waals surface area contributed by atoms with Gasteiger partial charge in [0.25, 0.3) is 5.56 Å². The zero-order chi connectivity index (χ0) is 20.8. The van der Waals surface area contributed by atoms with Crippen molar-refractivity contribution >= 4 is 34.7 Å². The molecule has 6 nitrogen and oxygen atoms in total. The largest absolute Gasteiger partial charge is 0.373 e. The number of nitrogens with zero attached hydrogens (tertiary/aromatic N) is 1. The molecule has 0 saturated carbocycles. The number of halogens is 1. The van der Waals surface area contributed by atoms with E-state index in [2.05, 4.69) is 10.3 Å². The van der Waals surface area contributed by atoms with Gasteiger partial charge in [-0.15, -0.1) is 11.6 Å². The fourth-order valence-electron chi connectivity index (χ4n) is 3.20. The minimum Gasteiger partial charge on any atom is -0.373 e. The molecule has 0 aliphatic rings. The van der Waals surface area contributed by atoms with Gasteiger partial charge in [-0.3, -0.25) is 14.4 Å². The Morgan fingerprint density at radius 2 is 1.96 bits per heavy atom. The molecular weight excluding hydrogens is 378 g/mol. The number of pyridine rings is 1.